The Balaban J connectivity index is 1.96. The van der Waals surface area contributed by atoms with Gasteiger partial charge in [-0.15, -0.1) is 0 Å². The van der Waals surface area contributed by atoms with Crippen LogP contribution in [-0.4, -0.2) is 29.7 Å². The Kier molecular flexibility index (Phi) is 3.52. The molecule has 4 heteroatoms. The standard InChI is InChI=1S/C13H20N2O2/c1-9-7-12(10(2)15(9)3)13(16)14-8-11-5-4-6-17-11/h7,11H,4-6,8H2,1-3H3,(H,14,16)/t11-/m0/s1. The molecule has 1 N–H and O–H groups in total. The number of amides is 1. The number of aryl methyl sites for hydroxylation is 1. The van der Waals surface area contributed by atoms with E-state index in [0.717, 1.165) is 36.4 Å². The summed E-state index contributed by atoms with van der Waals surface area (Å²) in [6.45, 7) is 5.41. The van der Waals surface area contributed by atoms with Crippen molar-refractivity contribution in [2.75, 3.05) is 13.2 Å². The van der Waals surface area contributed by atoms with Crippen molar-refractivity contribution < 1.29 is 9.53 Å². The number of hydrogen-bond acceptors (Lipinski definition) is 2. The number of nitrogens with zero attached hydrogens (tertiary/aromatic N) is 1. The van der Waals surface area contributed by atoms with Gasteiger partial charge in [0, 0.05) is 31.6 Å². The van der Waals surface area contributed by atoms with E-state index in [1.165, 1.54) is 0 Å². The number of carbonyl (C=O) groups excluding carboxylic acids is 1. The van der Waals surface area contributed by atoms with Gasteiger partial charge >= 0.3 is 0 Å². The monoisotopic (exact) mass is 236 g/mol. The lowest BCUT2D eigenvalue weighted by atomic mass is 10.2. The summed E-state index contributed by atoms with van der Waals surface area (Å²) < 4.78 is 7.51. The molecule has 2 heterocycles. The fourth-order valence-corrected chi connectivity index (χ4v) is 2.19. The van der Waals surface area contributed by atoms with Crippen molar-refractivity contribution in [3.05, 3.63) is 23.0 Å². The molecule has 0 radical (unpaired) electrons. The van der Waals surface area contributed by atoms with Crippen LogP contribution in [0.3, 0.4) is 0 Å². The van der Waals surface area contributed by atoms with Crippen molar-refractivity contribution in [2.24, 2.45) is 7.05 Å². The third kappa shape index (κ3) is 2.52. The topological polar surface area (TPSA) is 43.3 Å². The average Bonchev–Trinajstić information content (AvgIpc) is 2.91. The summed E-state index contributed by atoms with van der Waals surface area (Å²) in [4.78, 5) is 12.0. The summed E-state index contributed by atoms with van der Waals surface area (Å²) in [5.74, 6) is 0.00157. The smallest absolute Gasteiger partial charge is 0.253 e. The van der Waals surface area contributed by atoms with E-state index < -0.39 is 0 Å². The van der Waals surface area contributed by atoms with Gasteiger partial charge in [0.05, 0.1) is 11.7 Å². The van der Waals surface area contributed by atoms with Gasteiger partial charge < -0.3 is 14.6 Å². The summed E-state index contributed by atoms with van der Waals surface area (Å²) in [6.07, 6.45) is 2.35. The Morgan fingerprint density at radius 2 is 2.35 bits per heavy atom. The molecule has 1 aliphatic heterocycles. The maximum atomic E-state index is 12.0. The molecule has 1 aliphatic rings. The summed E-state index contributed by atoms with van der Waals surface area (Å²) >= 11 is 0. The molecular formula is C13H20N2O2. The Bertz CT molecular complexity index is 417. The van der Waals surface area contributed by atoms with Gasteiger partial charge in [0.25, 0.3) is 5.91 Å². The molecule has 17 heavy (non-hydrogen) atoms. The van der Waals surface area contributed by atoms with Gasteiger partial charge in [-0.25, -0.2) is 0 Å². The fourth-order valence-electron chi connectivity index (χ4n) is 2.19. The Labute approximate surface area is 102 Å². The van der Waals surface area contributed by atoms with Crippen molar-refractivity contribution >= 4 is 5.91 Å². The van der Waals surface area contributed by atoms with E-state index in [9.17, 15) is 4.79 Å². The summed E-state index contributed by atoms with van der Waals surface area (Å²) in [7, 11) is 1.97. The van der Waals surface area contributed by atoms with Crippen molar-refractivity contribution in [3.8, 4) is 0 Å². The first-order valence-corrected chi connectivity index (χ1v) is 6.12. The van der Waals surface area contributed by atoms with Crippen molar-refractivity contribution in [3.63, 3.8) is 0 Å². The fraction of sp³-hybridized carbons (Fsp3) is 0.615. The lowest BCUT2D eigenvalue weighted by molar-refractivity contribution is 0.0857. The highest BCUT2D eigenvalue weighted by molar-refractivity contribution is 5.95. The van der Waals surface area contributed by atoms with Gasteiger partial charge in [0.15, 0.2) is 0 Å². The Hall–Kier alpha value is -1.29. The second-order valence-corrected chi connectivity index (χ2v) is 4.69. The van der Waals surface area contributed by atoms with Crippen LogP contribution < -0.4 is 5.32 Å². The molecule has 0 aromatic carbocycles. The SMILES string of the molecule is Cc1cc(C(=O)NC[C@@H]2CCCO2)c(C)n1C. The van der Waals surface area contributed by atoms with E-state index in [2.05, 4.69) is 5.32 Å². The molecule has 4 nitrogen and oxygen atoms in total. The maximum Gasteiger partial charge on any atom is 0.253 e. The average molecular weight is 236 g/mol. The molecule has 94 valence electrons. The summed E-state index contributed by atoms with van der Waals surface area (Å²) in [5.41, 5.74) is 2.88. The summed E-state index contributed by atoms with van der Waals surface area (Å²) in [6, 6.07) is 1.93. The molecule has 1 aromatic rings. The van der Waals surface area contributed by atoms with E-state index in [4.69, 9.17) is 4.74 Å². The molecule has 0 bridgehead atoms. The second kappa shape index (κ2) is 4.92. The molecule has 1 aromatic heterocycles. The van der Waals surface area contributed by atoms with E-state index >= 15 is 0 Å². The van der Waals surface area contributed by atoms with Gasteiger partial charge in [-0.3, -0.25) is 4.79 Å². The van der Waals surface area contributed by atoms with Crippen LogP contribution in [0.5, 0.6) is 0 Å². The van der Waals surface area contributed by atoms with E-state index in [-0.39, 0.29) is 12.0 Å². The zero-order valence-corrected chi connectivity index (χ0v) is 10.7. The van der Waals surface area contributed by atoms with E-state index in [0.29, 0.717) is 6.54 Å². The van der Waals surface area contributed by atoms with Crippen LogP contribution in [-0.2, 0) is 11.8 Å². The highest BCUT2D eigenvalue weighted by atomic mass is 16.5. The molecule has 0 spiro atoms. The van der Waals surface area contributed by atoms with Crippen molar-refractivity contribution in [1.29, 1.82) is 0 Å². The van der Waals surface area contributed by atoms with Crippen LogP contribution in [0.2, 0.25) is 0 Å². The number of nitrogens with one attached hydrogen (secondary N) is 1. The maximum absolute atomic E-state index is 12.0. The van der Waals surface area contributed by atoms with Crippen molar-refractivity contribution in [1.82, 2.24) is 9.88 Å². The number of rotatable bonds is 3. The zero-order chi connectivity index (χ0) is 12.4. The molecule has 1 saturated heterocycles. The van der Waals surface area contributed by atoms with Gasteiger partial charge in [0.2, 0.25) is 0 Å². The van der Waals surface area contributed by atoms with Crippen LogP contribution in [0.1, 0.15) is 34.6 Å². The van der Waals surface area contributed by atoms with Crippen LogP contribution in [0, 0.1) is 13.8 Å². The molecule has 0 unspecified atom stereocenters. The largest absolute Gasteiger partial charge is 0.376 e. The first-order chi connectivity index (χ1) is 8.09. The highest BCUT2D eigenvalue weighted by Gasteiger charge is 2.18. The Morgan fingerprint density at radius 3 is 2.88 bits per heavy atom. The first-order valence-electron chi connectivity index (χ1n) is 6.12. The molecular weight excluding hydrogens is 216 g/mol. The predicted octanol–water partition coefficient (Wildman–Crippen LogP) is 1.55. The lowest BCUT2D eigenvalue weighted by Crippen LogP contribution is -2.31. The van der Waals surface area contributed by atoms with Gasteiger partial charge in [-0.05, 0) is 32.8 Å². The van der Waals surface area contributed by atoms with Crippen molar-refractivity contribution in [2.45, 2.75) is 32.8 Å². The van der Waals surface area contributed by atoms with E-state index in [1.54, 1.807) is 0 Å². The predicted molar refractivity (Wildman–Crippen MR) is 66.2 cm³/mol. The molecule has 1 fully saturated rings. The molecule has 1 amide bonds. The molecule has 1 atom stereocenters. The number of hydrogen-bond donors (Lipinski definition) is 1. The number of ether oxygens (including phenoxy) is 1. The third-order valence-electron chi connectivity index (χ3n) is 3.53. The quantitative estimate of drug-likeness (QED) is 0.865. The van der Waals surface area contributed by atoms with E-state index in [1.807, 2.05) is 31.5 Å². The second-order valence-electron chi connectivity index (χ2n) is 4.69. The summed E-state index contributed by atoms with van der Waals surface area (Å²) in [5, 5.41) is 2.94. The molecule has 0 aliphatic carbocycles. The lowest BCUT2D eigenvalue weighted by Gasteiger charge is -2.10. The molecule has 0 saturated carbocycles. The molecule has 2 rings (SSSR count). The number of carbonyl (C=O) groups is 1. The van der Waals surface area contributed by atoms with Crippen LogP contribution >= 0.6 is 0 Å². The third-order valence-corrected chi connectivity index (χ3v) is 3.53. The highest BCUT2D eigenvalue weighted by Crippen LogP contribution is 2.14. The zero-order valence-electron chi connectivity index (χ0n) is 10.7. The normalized spacial score (nSPS) is 19.6. The van der Waals surface area contributed by atoms with Crippen LogP contribution in [0.25, 0.3) is 0 Å². The first kappa shape index (κ1) is 12.2. The minimum absolute atomic E-state index is 0.00157. The Morgan fingerprint density at radius 1 is 1.59 bits per heavy atom. The van der Waals surface area contributed by atoms with Crippen LogP contribution in [0.4, 0.5) is 0 Å². The van der Waals surface area contributed by atoms with Gasteiger partial charge in [-0.1, -0.05) is 0 Å². The number of aromatic nitrogens is 1. The minimum Gasteiger partial charge on any atom is -0.376 e. The van der Waals surface area contributed by atoms with Gasteiger partial charge in [-0.2, -0.15) is 0 Å². The minimum atomic E-state index is 0.00157. The van der Waals surface area contributed by atoms with Gasteiger partial charge in [0.1, 0.15) is 0 Å². The van der Waals surface area contributed by atoms with Crippen LogP contribution in [0.15, 0.2) is 6.07 Å².